The predicted octanol–water partition coefficient (Wildman–Crippen LogP) is 3.47. The van der Waals surface area contributed by atoms with Gasteiger partial charge >= 0.3 is 5.97 Å². The molecule has 1 saturated heterocycles. The van der Waals surface area contributed by atoms with Gasteiger partial charge in [-0.3, -0.25) is 9.59 Å². The van der Waals surface area contributed by atoms with Crippen LogP contribution in [0.4, 0.5) is 0 Å². The molecule has 1 fully saturated rings. The summed E-state index contributed by atoms with van der Waals surface area (Å²) in [7, 11) is 0. The summed E-state index contributed by atoms with van der Waals surface area (Å²) in [6, 6.07) is 13.9. The fourth-order valence-corrected chi connectivity index (χ4v) is 3.41. The van der Waals surface area contributed by atoms with Gasteiger partial charge in [0.25, 0.3) is 0 Å². The number of carbonyl (C=O) groups excluding carboxylic acids is 1. The number of fused-ring (bicyclic) bond motifs is 1. The Kier molecular flexibility index (Phi) is 5.26. The summed E-state index contributed by atoms with van der Waals surface area (Å²) >= 11 is 0. The highest BCUT2D eigenvalue weighted by Crippen LogP contribution is 2.25. The van der Waals surface area contributed by atoms with Crippen LogP contribution < -0.4 is 0 Å². The van der Waals surface area contributed by atoms with Crippen LogP contribution in [0.5, 0.6) is 0 Å². The smallest absolute Gasteiger partial charge is 0.307 e. The minimum absolute atomic E-state index is 0.0480. The summed E-state index contributed by atoms with van der Waals surface area (Å²) in [5.74, 6) is -1.56. The molecule has 1 aliphatic rings. The summed E-state index contributed by atoms with van der Waals surface area (Å²) < 4.78 is 5.28. The number of carboxylic acid groups (broad SMARTS) is 1. The molecule has 1 atom stereocenters. The SMILES string of the molecule is O=C(O)C(CC(=O)C1CCOCC1)Cc1cccc2ccccc12. The molecule has 0 spiro atoms. The molecule has 3 rings (SSSR count). The van der Waals surface area contributed by atoms with Gasteiger partial charge in [-0.1, -0.05) is 42.5 Å². The van der Waals surface area contributed by atoms with E-state index in [-0.39, 0.29) is 18.1 Å². The van der Waals surface area contributed by atoms with E-state index in [9.17, 15) is 14.7 Å². The van der Waals surface area contributed by atoms with Crippen molar-refractivity contribution in [2.75, 3.05) is 13.2 Å². The molecule has 0 radical (unpaired) electrons. The summed E-state index contributed by atoms with van der Waals surface area (Å²) in [4.78, 5) is 24.1. The van der Waals surface area contributed by atoms with Gasteiger partial charge in [0.1, 0.15) is 5.78 Å². The molecule has 0 saturated carbocycles. The van der Waals surface area contributed by atoms with Crippen LogP contribution in [0.3, 0.4) is 0 Å². The van der Waals surface area contributed by atoms with Crippen molar-refractivity contribution in [1.82, 2.24) is 0 Å². The lowest BCUT2D eigenvalue weighted by Gasteiger charge is -2.22. The number of ether oxygens (including phenoxy) is 1. The second-order valence-corrected chi connectivity index (χ2v) is 6.43. The van der Waals surface area contributed by atoms with E-state index in [1.165, 1.54) is 0 Å². The number of rotatable bonds is 6. The first-order chi connectivity index (χ1) is 11.6. The van der Waals surface area contributed by atoms with Crippen LogP contribution in [0.2, 0.25) is 0 Å². The van der Waals surface area contributed by atoms with Crippen molar-refractivity contribution in [3.8, 4) is 0 Å². The number of hydrogen-bond donors (Lipinski definition) is 1. The highest BCUT2D eigenvalue weighted by Gasteiger charge is 2.28. The van der Waals surface area contributed by atoms with Crippen molar-refractivity contribution in [3.63, 3.8) is 0 Å². The van der Waals surface area contributed by atoms with E-state index in [0.29, 0.717) is 32.5 Å². The zero-order valence-electron chi connectivity index (χ0n) is 13.6. The van der Waals surface area contributed by atoms with Crippen molar-refractivity contribution in [3.05, 3.63) is 48.0 Å². The standard InChI is InChI=1S/C20H22O4/c21-19(15-8-10-24-11-9-15)13-17(20(22)23)12-16-6-3-5-14-4-1-2-7-18(14)16/h1-7,15,17H,8-13H2,(H,22,23). The van der Waals surface area contributed by atoms with E-state index in [0.717, 1.165) is 16.3 Å². The normalized spacial score (nSPS) is 16.8. The molecule has 0 amide bonds. The Morgan fingerprint density at radius 3 is 2.54 bits per heavy atom. The minimum atomic E-state index is -0.900. The number of ketones is 1. The van der Waals surface area contributed by atoms with E-state index >= 15 is 0 Å². The molecule has 1 unspecified atom stereocenters. The zero-order chi connectivity index (χ0) is 16.9. The van der Waals surface area contributed by atoms with Crippen LogP contribution in [-0.2, 0) is 20.7 Å². The Morgan fingerprint density at radius 2 is 1.79 bits per heavy atom. The third kappa shape index (κ3) is 3.82. The van der Waals surface area contributed by atoms with Crippen molar-refractivity contribution in [1.29, 1.82) is 0 Å². The number of aliphatic carboxylic acids is 1. The Bertz CT molecular complexity index is 726. The van der Waals surface area contributed by atoms with Crippen LogP contribution in [0, 0.1) is 11.8 Å². The van der Waals surface area contributed by atoms with Crippen LogP contribution in [0.25, 0.3) is 10.8 Å². The van der Waals surface area contributed by atoms with Crippen molar-refractivity contribution < 1.29 is 19.4 Å². The number of carbonyl (C=O) groups is 2. The molecular weight excluding hydrogens is 304 g/mol. The monoisotopic (exact) mass is 326 g/mol. The first-order valence-electron chi connectivity index (χ1n) is 8.45. The second kappa shape index (κ2) is 7.58. The van der Waals surface area contributed by atoms with E-state index in [2.05, 4.69) is 0 Å². The highest BCUT2D eigenvalue weighted by atomic mass is 16.5. The molecule has 2 aromatic rings. The average molecular weight is 326 g/mol. The summed E-state index contributed by atoms with van der Waals surface area (Å²) in [5.41, 5.74) is 0.986. The van der Waals surface area contributed by atoms with E-state index in [1.54, 1.807) is 0 Å². The lowest BCUT2D eigenvalue weighted by atomic mass is 9.86. The average Bonchev–Trinajstić information content (AvgIpc) is 2.62. The molecule has 0 aromatic heterocycles. The number of Topliss-reactive ketones (excluding diaryl/α,β-unsaturated/α-hetero) is 1. The van der Waals surface area contributed by atoms with Crippen molar-refractivity contribution in [2.24, 2.45) is 11.8 Å². The first kappa shape index (κ1) is 16.7. The van der Waals surface area contributed by atoms with Gasteiger partial charge < -0.3 is 9.84 Å². The van der Waals surface area contributed by atoms with Crippen molar-refractivity contribution >= 4 is 22.5 Å². The number of carboxylic acids is 1. The van der Waals surface area contributed by atoms with Gasteiger partial charge in [-0.2, -0.15) is 0 Å². The van der Waals surface area contributed by atoms with E-state index in [1.807, 2.05) is 42.5 Å². The lowest BCUT2D eigenvalue weighted by Crippen LogP contribution is -2.28. The number of benzene rings is 2. The fraction of sp³-hybridized carbons (Fsp3) is 0.400. The molecular formula is C20H22O4. The van der Waals surface area contributed by atoms with Crippen LogP contribution >= 0.6 is 0 Å². The van der Waals surface area contributed by atoms with Gasteiger partial charge in [0, 0.05) is 25.6 Å². The Labute approximate surface area is 141 Å². The van der Waals surface area contributed by atoms with Gasteiger partial charge in [-0.05, 0) is 35.6 Å². The highest BCUT2D eigenvalue weighted by molar-refractivity contribution is 5.88. The van der Waals surface area contributed by atoms with Crippen LogP contribution in [0.15, 0.2) is 42.5 Å². The van der Waals surface area contributed by atoms with Crippen LogP contribution in [-0.4, -0.2) is 30.1 Å². The molecule has 24 heavy (non-hydrogen) atoms. The van der Waals surface area contributed by atoms with Gasteiger partial charge in [0.2, 0.25) is 0 Å². The summed E-state index contributed by atoms with van der Waals surface area (Å²) in [6.45, 7) is 1.19. The maximum absolute atomic E-state index is 12.4. The quantitative estimate of drug-likeness (QED) is 0.883. The molecule has 4 nitrogen and oxygen atoms in total. The minimum Gasteiger partial charge on any atom is -0.481 e. The van der Waals surface area contributed by atoms with Gasteiger partial charge in [0.15, 0.2) is 0 Å². The predicted molar refractivity (Wildman–Crippen MR) is 91.9 cm³/mol. The fourth-order valence-electron chi connectivity index (χ4n) is 3.41. The number of hydrogen-bond acceptors (Lipinski definition) is 3. The van der Waals surface area contributed by atoms with E-state index in [4.69, 9.17) is 4.74 Å². The molecule has 1 heterocycles. The van der Waals surface area contributed by atoms with Gasteiger partial charge in [0.05, 0.1) is 5.92 Å². The van der Waals surface area contributed by atoms with Gasteiger partial charge in [-0.15, -0.1) is 0 Å². The topological polar surface area (TPSA) is 63.6 Å². The van der Waals surface area contributed by atoms with E-state index < -0.39 is 11.9 Å². The Morgan fingerprint density at radius 1 is 1.08 bits per heavy atom. The molecule has 0 bridgehead atoms. The summed E-state index contributed by atoms with van der Waals surface area (Å²) in [5, 5.41) is 11.7. The van der Waals surface area contributed by atoms with Gasteiger partial charge in [-0.25, -0.2) is 0 Å². The maximum atomic E-state index is 12.4. The molecule has 1 N–H and O–H groups in total. The largest absolute Gasteiger partial charge is 0.481 e. The van der Waals surface area contributed by atoms with Crippen molar-refractivity contribution in [2.45, 2.75) is 25.7 Å². The molecule has 0 aliphatic carbocycles. The Balaban J connectivity index is 1.76. The first-order valence-corrected chi connectivity index (χ1v) is 8.45. The second-order valence-electron chi connectivity index (χ2n) is 6.43. The lowest BCUT2D eigenvalue weighted by molar-refractivity contribution is -0.144. The molecule has 1 aliphatic heterocycles. The maximum Gasteiger partial charge on any atom is 0.307 e. The molecule has 126 valence electrons. The summed E-state index contributed by atoms with van der Waals surface area (Å²) in [6.07, 6.45) is 1.90. The third-order valence-electron chi connectivity index (χ3n) is 4.82. The zero-order valence-corrected chi connectivity index (χ0v) is 13.6. The third-order valence-corrected chi connectivity index (χ3v) is 4.82. The van der Waals surface area contributed by atoms with Crippen LogP contribution in [0.1, 0.15) is 24.8 Å². The molecule has 2 aromatic carbocycles. The molecule has 4 heteroatoms. The Hall–Kier alpha value is -2.20.